The van der Waals surface area contributed by atoms with Gasteiger partial charge in [0.2, 0.25) is 0 Å². The molecule has 0 unspecified atom stereocenters. The van der Waals surface area contributed by atoms with E-state index >= 15 is 0 Å². The lowest BCUT2D eigenvalue weighted by Crippen LogP contribution is -2.11. The zero-order valence-electron chi connectivity index (χ0n) is 9.04. The third-order valence-corrected chi connectivity index (χ3v) is 2.24. The molecule has 1 aromatic rings. The minimum atomic E-state index is -0.185. The molecule has 0 aliphatic carbocycles. The molecule has 0 saturated carbocycles. The van der Waals surface area contributed by atoms with Gasteiger partial charge < -0.3 is 10.0 Å². The SMILES string of the molecule is CC(=O)c1cc(Cl)cc(CN(C)C)c1O. The van der Waals surface area contributed by atoms with Crippen molar-refractivity contribution in [1.82, 2.24) is 4.90 Å². The number of nitrogens with zero attached hydrogens (tertiary/aromatic N) is 1. The van der Waals surface area contributed by atoms with Crippen molar-refractivity contribution in [2.24, 2.45) is 0 Å². The summed E-state index contributed by atoms with van der Waals surface area (Å²) in [5.74, 6) is -0.157. The Bertz CT molecular complexity index is 388. The largest absolute Gasteiger partial charge is 0.507 e. The fraction of sp³-hybridized carbons (Fsp3) is 0.364. The molecule has 1 aromatic carbocycles. The summed E-state index contributed by atoms with van der Waals surface area (Å²) in [4.78, 5) is 13.1. The molecule has 0 aliphatic heterocycles. The second-order valence-corrected chi connectivity index (χ2v) is 4.19. The highest BCUT2D eigenvalue weighted by atomic mass is 35.5. The van der Waals surface area contributed by atoms with Crippen molar-refractivity contribution < 1.29 is 9.90 Å². The predicted molar refractivity (Wildman–Crippen MR) is 60.5 cm³/mol. The lowest BCUT2D eigenvalue weighted by atomic mass is 10.1. The number of hydrogen-bond acceptors (Lipinski definition) is 3. The van der Waals surface area contributed by atoms with Crippen molar-refractivity contribution in [2.45, 2.75) is 13.5 Å². The molecule has 3 nitrogen and oxygen atoms in total. The van der Waals surface area contributed by atoms with Gasteiger partial charge in [-0.05, 0) is 33.2 Å². The zero-order chi connectivity index (χ0) is 11.6. The molecule has 15 heavy (non-hydrogen) atoms. The van der Waals surface area contributed by atoms with Crippen LogP contribution in [0.15, 0.2) is 12.1 Å². The Morgan fingerprint density at radius 1 is 1.47 bits per heavy atom. The summed E-state index contributed by atoms with van der Waals surface area (Å²) in [6.45, 7) is 1.96. The number of carbonyl (C=O) groups excluding carboxylic acids is 1. The molecular weight excluding hydrogens is 214 g/mol. The van der Waals surface area contributed by atoms with E-state index in [9.17, 15) is 9.90 Å². The number of carbonyl (C=O) groups is 1. The normalized spacial score (nSPS) is 10.7. The van der Waals surface area contributed by atoms with Gasteiger partial charge in [-0.15, -0.1) is 0 Å². The summed E-state index contributed by atoms with van der Waals surface area (Å²) in [5.41, 5.74) is 0.942. The van der Waals surface area contributed by atoms with E-state index in [2.05, 4.69) is 0 Å². The van der Waals surface area contributed by atoms with E-state index in [0.717, 1.165) is 0 Å². The molecule has 1 rings (SSSR count). The first kappa shape index (κ1) is 12.0. The number of hydrogen-bond donors (Lipinski definition) is 1. The monoisotopic (exact) mass is 227 g/mol. The molecule has 82 valence electrons. The fourth-order valence-electron chi connectivity index (χ4n) is 1.39. The quantitative estimate of drug-likeness (QED) is 0.806. The summed E-state index contributed by atoms with van der Waals surface area (Å²) in [5, 5.41) is 10.3. The van der Waals surface area contributed by atoms with Crippen molar-refractivity contribution in [3.63, 3.8) is 0 Å². The highest BCUT2D eigenvalue weighted by Crippen LogP contribution is 2.28. The van der Waals surface area contributed by atoms with Gasteiger partial charge in [-0.2, -0.15) is 0 Å². The Morgan fingerprint density at radius 2 is 2.07 bits per heavy atom. The molecule has 1 N–H and O–H groups in total. The number of phenolic OH excluding ortho intramolecular Hbond substituents is 1. The smallest absolute Gasteiger partial charge is 0.163 e. The predicted octanol–water partition coefficient (Wildman–Crippen LogP) is 2.31. The Kier molecular flexibility index (Phi) is 3.72. The summed E-state index contributed by atoms with van der Waals surface area (Å²) >= 11 is 5.87. The first-order valence-corrected chi connectivity index (χ1v) is 4.96. The highest BCUT2D eigenvalue weighted by molar-refractivity contribution is 6.31. The maximum atomic E-state index is 11.2. The maximum Gasteiger partial charge on any atom is 0.163 e. The van der Waals surface area contributed by atoms with Crippen LogP contribution in [-0.4, -0.2) is 29.9 Å². The molecule has 0 amide bonds. The third-order valence-electron chi connectivity index (χ3n) is 2.02. The Balaban J connectivity index is 3.22. The zero-order valence-corrected chi connectivity index (χ0v) is 9.80. The number of halogens is 1. The van der Waals surface area contributed by atoms with Gasteiger partial charge in [0.1, 0.15) is 5.75 Å². The van der Waals surface area contributed by atoms with Crippen LogP contribution in [0.25, 0.3) is 0 Å². The van der Waals surface area contributed by atoms with Gasteiger partial charge in [0.05, 0.1) is 5.56 Å². The topological polar surface area (TPSA) is 40.5 Å². The molecule has 0 heterocycles. The molecule has 0 radical (unpaired) electrons. The van der Waals surface area contributed by atoms with Crippen LogP contribution in [0.1, 0.15) is 22.8 Å². The molecule has 0 atom stereocenters. The van der Waals surface area contributed by atoms with Crippen molar-refractivity contribution in [3.8, 4) is 5.75 Å². The molecular formula is C11H14ClNO2. The van der Waals surface area contributed by atoms with Gasteiger partial charge in [0, 0.05) is 17.1 Å². The van der Waals surface area contributed by atoms with E-state index in [1.807, 2.05) is 19.0 Å². The average Bonchev–Trinajstić information content (AvgIpc) is 2.09. The van der Waals surface area contributed by atoms with Crippen molar-refractivity contribution >= 4 is 17.4 Å². The van der Waals surface area contributed by atoms with Crippen molar-refractivity contribution in [3.05, 3.63) is 28.3 Å². The highest BCUT2D eigenvalue weighted by Gasteiger charge is 2.13. The van der Waals surface area contributed by atoms with Gasteiger partial charge in [0.15, 0.2) is 5.78 Å². The molecule has 0 aromatic heterocycles. The Morgan fingerprint density at radius 3 is 2.53 bits per heavy atom. The van der Waals surface area contributed by atoms with E-state index < -0.39 is 0 Å². The second-order valence-electron chi connectivity index (χ2n) is 3.76. The van der Waals surface area contributed by atoms with Crippen molar-refractivity contribution in [2.75, 3.05) is 14.1 Å². The first-order valence-electron chi connectivity index (χ1n) is 4.59. The van der Waals surface area contributed by atoms with Crippen molar-refractivity contribution in [1.29, 1.82) is 0 Å². The molecule has 0 fully saturated rings. The number of aromatic hydroxyl groups is 1. The van der Waals surface area contributed by atoms with Gasteiger partial charge >= 0.3 is 0 Å². The number of ketones is 1. The van der Waals surface area contributed by atoms with E-state index in [4.69, 9.17) is 11.6 Å². The number of rotatable bonds is 3. The average molecular weight is 228 g/mol. The van der Waals surface area contributed by atoms with Crippen LogP contribution in [0, 0.1) is 0 Å². The number of Topliss-reactive ketones (excluding diaryl/α,β-unsaturated/α-hetero) is 1. The van der Waals surface area contributed by atoms with Gasteiger partial charge in [-0.3, -0.25) is 4.79 Å². The van der Waals surface area contributed by atoms with Crippen LogP contribution < -0.4 is 0 Å². The lowest BCUT2D eigenvalue weighted by molar-refractivity contribution is 0.101. The van der Waals surface area contributed by atoms with E-state index in [1.165, 1.54) is 13.0 Å². The summed E-state index contributed by atoms with van der Waals surface area (Å²) in [7, 11) is 3.77. The summed E-state index contributed by atoms with van der Waals surface area (Å²) in [6.07, 6.45) is 0. The van der Waals surface area contributed by atoms with E-state index in [1.54, 1.807) is 6.07 Å². The molecule has 0 aliphatic rings. The molecule has 0 spiro atoms. The van der Waals surface area contributed by atoms with Crippen LogP contribution in [0.4, 0.5) is 0 Å². The van der Waals surface area contributed by atoms with Crippen LogP contribution >= 0.6 is 11.6 Å². The summed E-state index contributed by atoms with van der Waals surface area (Å²) in [6, 6.07) is 3.15. The minimum absolute atomic E-state index is 0.0283. The van der Waals surface area contributed by atoms with Crippen LogP contribution in [0.2, 0.25) is 5.02 Å². The third kappa shape index (κ3) is 2.94. The molecule has 4 heteroatoms. The molecule has 0 bridgehead atoms. The fourth-order valence-corrected chi connectivity index (χ4v) is 1.63. The van der Waals surface area contributed by atoms with Crippen LogP contribution in [0.3, 0.4) is 0 Å². The first-order chi connectivity index (χ1) is 6.91. The van der Waals surface area contributed by atoms with Gasteiger partial charge in [0.25, 0.3) is 0 Å². The lowest BCUT2D eigenvalue weighted by Gasteiger charge is -2.13. The standard InChI is InChI=1S/C11H14ClNO2/c1-7(14)10-5-9(12)4-8(11(10)15)6-13(2)3/h4-5,15H,6H2,1-3H3. The van der Waals surface area contributed by atoms with Crippen LogP contribution in [0.5, 0.6) is 5.75 Å². The number of phenols is 1. The number of benzene rings is 1. The van der Waals surface area contributed by atoms with Gasteiger partial charge in [-0.25, -0.2) is 0 Å². The Labute approximate surface area is 94.3 Å². The van der Waals surface area contributed by atoms with E-state index in [0.29, 0.717) is 17.1 Å². The minimum Gasteiger partial charge on any atom is -0.507 e. The summed E-state index contributed by atoms with van der Waals surface area (Å²) < 4.78 is 0. The maximum absolute atomic E-state index is 11.2. The van der Waals surface area contributed by atoms with Gasteiger partial charge in [-0.1, -0.05) is 11.6 Å². The Hall–Kier alpha value is -1.06. The van der Waals surface area contributed by atoms with Crippen LogP contribution in [-0.2, 0) is 6.54 Å². The van der Waals surface area contributed by atoms with E-state index in [-0.39, 0.29) is 17.1 Å². The molecule has 0 saturated heterocycles. The second kappa shape index (κ2) is 4.64.